The van der Waals surface area contributed by atoms with Gasteiger partial charge in [0.25, 0.3) is 5.91 Å². The number of carbonyl (C=O) groups excluding carboxylic acids is 1. The first kappa shape index (κ1) is 13.2. The van der Waals surface area contributed by atoms with Crippen LogP contribution in [0.3, 0.4) is 0 Å². The van der Waals surface area contributed by atoms with Crippen molar-refractivity contribution in [3.8, 4) is 0 Å². The average molecular weight is 236 g/mol. The lowest BCUT2D eigenvalue weighted by Crippen LogP contribution is -2.32. The number of carbonyl (C=O) groups is 2. The first-order chi connectivity index (χ1) is 7.79. The summed E-state index contributed by atoms with van der Waals surface area (Å²) in [6.45, 7) is 6.49. The molecule has 1 rings (SSSR count). The third kappa shape index (κ3) is 4.22. The minimum Gasteiger partial charge on any atom is -0.477 e. The Morgan fingerprint density at radius 1 is 1.29 bits per heavy atom. The zero-order chi connectivity index (χ0) is 13.1. The Morgan fingerprint density at radius 2 is 1.88 bits per heavy atom. The molecule has 1 aromatic rings. The SMILES string of the molecule is CC(C)(C)CNC(=O)c1cccc(C(=O)O)n1. The number of hydrogen-bond acceptors (Lipinski definition) is 3. The topological polar surface area (TPSA) is 79.3 Å². The van der Waals surface area contributed by atoms with E-state index in [4.69, 9.17) is 5.11 Å². The molecule has 1 aromatic heterocycles. The molecule has 0 fully saturated rings. The summed E-state index contributed by atoms with van der Waals surface area (Å²) in [5, 5.41) is 11.5. The molecule has 5 heteroatoms. The summed E-state index contributed by atoms with van der Waals surface area (Å²) < 4.78 is 0. The molecule has 5 nitrogen and oxygen atoms in total. The molecule has 2 N–H and O–H groups in total. The van der Waals surface area contributed by atoms with Crippen molar-refractivity contribution in [2.45, 2.75) is 20.8 Å². The zero-order valence-corrected chi connectivity index (χ0v) is 10.2. The lowest BCUT2D eigenvalue weighted by Gasteiger charge is -2.18. The van der Waals surface area contributed by atoms with E-state index >= 15 is 0 Å². The van der Waals surface area contributed by atoms with E-state index in [9.17, 15) is 9.59 Å². The third-order valence-electron chi connectivity index (χ3n) is 1.98. The first-order valence-electron chi connectivity index (χ1n) is 5.28. The summed E-state index contributed by atoms with van der Waals surface area (Å²) in [5.74, 6) is -1.50. The Labute approximate surface area is 99.9 Å². The molecule has 0 radical (unpaired) electrons. The Hall–Kier alpha value is -1.91. The minimum atomic E-state index is -1.14. The maximum absolute atomic E-state index is 11.7. The fraction of sp³-hybridized carbons (Fsp3) is 0.417. The Kier molecular flexibility index (Phi) is 3.83. The summed E-state index contributed by atoms with van der Waals surface area (Å²) in [7, 11) is 0. The smallest absolute Gasteiger partial charge is 0.354 e. The van der Waals surface area contributed by atoms with Gasteiger partial charge in [0.15, 0.2) is 0 Å². The number of aromatic carboxylic acids is 1. The Bertz CT molecular complexity index is 436. The number of aromatic nitrogens is 1. The van der Waals surface area contributed by atoms with Gasteiger partial charge in [0.05, 0.1) is 0 Å². The highest BCUT2D eigenvalue weighted by Gasteiger charge is 2.15. The van der Waals surface area contributed by atoms with E-state index in [1.54, 1.807) is 0 Å². The summed E-state index contributed by atoms with van der Waals surface area (Å²) in [6, 6.07) is 4.34. The molecule has 0 bridgehead atoms. The van der Waals surface area contributed by atoms with Crippen LogP contribution in [0.4, 0.5) is 0 Å². The summed E-state index contributed by atoms with van der Waals surface area (Å²) in [4.78, 5) is 26.2. The Balaban J connectivity index is 2.76. The highest BCUT2D eigenvalue weighted by atomic mass is 16.4. The van der Waals surface area contributed by atoms with Gasteiger partial charge >= 0.3 is 5.97 Å². The number of carboxylic acid groups (broad SMARTS) is 1. The van der Waals surface area contributed by atoms with Crippen LogP contribution in [0.1, 0.15) is 41.7 Å². The normalized spacial score (nSPS) is 11.0. The molecule has 17 heavy (non-hydrogen) atoms. The predicted molar refractivity (Wildman–Crippen MR) is 63.0 cm³/mol. The molecule has 0 saturated heterocycles. The van der Waals surface area contributed by atoms with Gasteiger partial charge in [-0.1, -0.05) is 26.8 Å². The van der Waals surface area contributed by atoms with Crippen molar-refractivity contribution in [1.29, 1.82) is 0 Å². The van der Waals surface area contributed by atoms with E-state index in [2.05, 4.69) is 10.3 Å². The van der Waals surface area contributed by atoms with Crippen LogP contribution in [-0.2, 0) is 0 Å². The van der Waals surface area contributed by atoms with Gasteiger partial charge in [-0.25, -0.2) is 9.78 Å². The molecule has 92 valence electrons. The molecule has 0 aliphatic carbocycles. The summed E-state index contributed by atoms with van der Waals surface area (Å²) >= 11 is 0. The van der Waals surface area contributed by atoms with Crippen molar-refractivity contribution >= 4 is 11.9 Å². The molecule has 0 aliphatic heterocycles. The van der Waals surface area contributed by atoms with Crippen molar-refractivity contribution in [2.75, 3.05) is 6.54 Å². The molecule has 0 saturated carbocycles. The number of hydrogen-bond donors (Lipinski definition) is 2. The number of rotatable bonds is 3. The van der Waals surface area contributed by atoms with Crippen LogP contribution in [0.2, 0.25) is 0 Å². The van der Waals surface area contributed by atoms with E-state index in [-0.39, 0.29) is 22.7 Å². The van der Waals surface area contributed by atoms with E-state index in [0.717, 1.165) is 0 Å². The van der Waals surface area contributed by atoms with Gasteiger partial charge in [0, 0.05) is 6.54 Å². The minimum absolute atomic E-state index is 0.0277. The van der Waals surface area contributed by atoms with Crippen LogP contribution < -0.4 is 5.32 Å². The van der Waals surface area contributed by atoms with Crippen molar-refractivity contribution in [1.82, 2.24) is 10.3 Å². The van der Waals surface area contributed by atoms with E-state index in [1.807, 2.05) is 20.8 Å². The van der Waals surface area contributed by atoms with E-state index in [1.165, 1.54) is 18.2 Å². The molecular weight excluding hydrogens is 220 g/mol. The number of nitrogens with zero attached hydrogens (tertiary/aromatic N) is 1. The standard InChI is InChI=1S/C12H16N2O3/c1-12(2,3)7-13-10(15)8-5-4-6-9(14-8)11(16)17/h4-6H,7H2,1-3H3,(H,13,15)(H,16,17). The van der Waals surface area contributed by atoms with Crippen LogP contribution in [0.25, 0.3) is 0 Å². The van der Waals surface area contributed by atoms with Crippen LogP contribution in [0.5, 0.6) is 0 Å². The van der Waals surface area contributed by atoms with Crippen LogP contribution in [0.15, 0.2) is 18.2 Å². The first-order valence-corrected chi connectivity index (χ1v) is 5.28. The van der Waals surface area contributed by atoms with Crippen molar-refractivity contribution < 1.29 is 14.7 Å². The van der Waals surface area contributed by atoms with Crippen molar-refractivity contribution in [3.63, 3.8) is 0 Å². The van der Waals surface area contributed by atoms with Crippen molar-refractivity contribution in [2.24, 2.45) is 5.41 Å². The maximum atomic E-state index is 11.7. The van der Waals surface area contributed by atoms with Crippen LogP contribution >= 0.6 is 0 Å². The Morgan fingerprint density at radius 3 is 2.41 bits per heavy atom. The number of amides is 1. The zero-order valence-electron chi connectivity index (χ0n) is 10.2. The van der Waals surface area contributed by atoms with Gasteiger partial charge in [-0.2, -0.15) is 0 Å². The van der Waals surface area contributed by atoms with Gasteiger partial charge in [0.1, 0.15) is 11.4 Å². The lowest BCUT2D eigenvalue weighted by molar-refractivity contribution is 0.0690. The van der Waals surface area contributed by atoms with Crippen molar-refractivity contribution in [3.05, 3.63) is 29.6 Å². The van der Waals surface area contributed by atoms with E-state index < -0.39 is 5.97 Å². The lowest BCUT2D eigenvalue weighted by atomic mass is 9.97. The second-order valence-corrected chi connectivity index (χ2v) is 4.96. The molecule has 0 unspecified atom stereocenters. The monoisotopic (exact) mass is 236 g/mol. The van der Waals surface area contributed by atoms with Crippen LogP contribution in [0, 0.1) is 5.41 Å². The molecular formula is C12H16N2O3. The fourth-order valence-corrected chi connectivity index (χ4v) is 1.12. The van der Waals surface area contributed by atoms with Gasteiger partial charge in [-0.15, -0.1) is 0 Å². The quantitative estimate of drug-likeness (QED) is 0.834. The largest absolute Gasteiger partial charge is 0.477 e. The average Bonchev–Trinajstić information content (AvgIpc) is 2.25. The third-order valence-corrected chi connectivity index (χ3v) is 1.98. The van der Waals surface area contributed by atoms with Gasteiger partial charge in [-0.3, -0.25) is 4.79 Å². The van der Waals surface area contributed by atoms with Gasteiger partial charge in [-0.05, 0) is 17.5 Å². The molecule has 1 amide bonds. The van der Waals surface area contributed by atoms with Gasteiger partial charge < -0.3 is 10.4 Å². The molecule has 0 atom stereocenters. The highest BCUT2D eigenvalue weighted by molar-refractivity contribution is 5.94. The fourth-order valence-electron chi connectivity index (χ4n) is 1.12. The second-order valence-electron chi connectivity index (χ2n) is 4.96. The summed E-state index contributed by atoms with van der Waals surface area (Å²) in [6.07, 6.45) is 0. The van der Waals surface area contributed by atoms with Crippen LogP contribution in [-0.4, -0.2) is 28.5 Å². The maximum Gasteiger partial charge on any atom is 0.354 e. The number of carboxylic acids is 1. The predicted octanol–water partition coefficient (Wildman–Crippen LogP) is 1.56. The molecule has 1 heterocycles. The summed E-state index contributed by atoms with van der Waals surface area (Å²) in [5.41, 5.74) is -0.0392. The molecule has 0 aliphatic rings. The van der Waals surface area contributed by atoms with E-state index in [0.29, 0.717) is 6.54 Å². The molecule has 0 spiro atoms. The highest BCUT2D eigenvalue weighted by Crippen LogP contribution is 2.10. The van der Waals surface area contributed by atoms with Gasteiger partial charge in [0.2, 0.25) is 0 Å². The number of nitrogens with one attached hydrogen (secondary N) is 1. The second kappa shape index (κ2) is 4.95. The molecule has 0 aromatic carbocycles. The number of pyridine rings is 1.